The molecule has 3 N–H and O–H groups in total. The molecule has 0 bridgehead atoms. The van der Waals surface area contributed by atoms with E-state index in [1.54, 1.807) is 6.20 Å². The number of carbonyl (C=O) groups is 1. The smallest absolute Gasteiger partial charge is 0.226 e. The van der Waals surface area contributed by atoms with Crippen LogP contribution in [-0.2, 0) is 11.2 Å². The fraction of sp³-hybridized carbons (Fsp3) is 0.381. The summed E-state index contributed by atoms with van der Waals surface area (Å²) in [6.07, 6.45) is 5.75. The number of nitrogens with two attached hydrogens (primary N) is 1. The van der Waals surface area contributed by atoms with Crippen LogP contribution in [0.5, 0.6) is 0 Å². The Labute approximate surface area is 157 Å². The number of rotatable bonds is 3. The zero-order valence-corrected chi connectivity index (χ0v) is 15.3. The van der Waals surface area contributed by atoms with E-state index in [2.05, 4.69) is 51.5 Å². The third-order valence-electron chi connectivity index (χ3n) is 6.45. The number of nitrogens with one attached hydrogen (secondary N) is 1. The van der Waals surface area contributed by atoms with Gasteiger partial charge in [0.15, 0.2) is 0 Å². The lowest BCUT2D eigenvalue weighted by molar-refractivity contribution is -0.121. The molecular formula is C21H23N5O. The number of primary amides is 1. The van der Waals surface area contributed by atoms with Gasteiger partial charge >= 0.3 is 0 Å². The van der Waals surface area contributed by atoms with Crippen molar-refractivity contribution in [3.8, 4) is 0 Å². The summed E-state index contributed by atoms with van der Waals surface area (Å²) in [5.41, 5.74) is 10.5. The second kappa shape index (κ2) is 6.16. The van der Waals surface area contributed by atoms with Gasteiger partial charge < -0.3 is 15.6 Å². The Morgan fingerprint density at radius 2 is 2.22 bits per heavy atom. The van der Waals surface area contributed by atoms with E-state index in [0.29, 0.717) is 17.7 Å². The molecule has 3 heterocycles. The molecule has 1 fully saturated rings. The van der Waals surface area contributed by atoms with Gasteiger partial charge in [0.2, 0.25) is 5.91 Å². The van der Waals surface area contributed by atoms with Crippen molar-refractivity contribution in [1.82, 2.24) is 20.1 Å². The Bertz CT molecular complexity index is 998. The van der Waals surface area contributed by atoms with Gasteiger partial charge in [-0.2, -0.15) is 10.2 Å². The molecular weight excluding hydrogens is 338 g/mol. The van der Waals surface area contributed by atoms with Gasteiger partial charge in [0, 0.05) is 41.8 Å². The van der Waals surface area contributed by atoms with E-state index in [9.17, 15) is 4.79 Å². The maximum atomic E-state index is 12.3. The van der Waals surface area contributed by atoms with Crippen molar-refractivity contribution in [2.75, 3.05) is 13.6 Å². The highest BCUT2D eigenvalue weighted by Crippen LogP contribution is 2.46. The van der Waals surface area contributed by atoms with Gasteiger partial charge in [0.25, 0.3) is 0 Å². The minimum absolute atomic E-state index is 0.126. The highest BCUT2D eigenvalue weighted by molar-refractivity contribution is 5.88. The van der Waals surface area contributed by atoms with Crippen molar-refractivity contribution < 1.29 is 4.79 Å². The Morgan fingerprint density at radius 1 is 1.33 bits per heavy atom. The van der Waals surface area contributed by atoms with Crippen molar-refractivity contribution in [3.63, 3.8) is 0 Å². The molecule has 1 amide bonds. The fourth-order valence-electron chi connectivity index (χ4n) is 5.32. The first-order valence-electron chi connectivity index (χ1n) is 9.49. The van der Waals surface area contributed by atoms with Crippen LogP contribution in [0.25, 0.3) is 10.9 Å². The SMILES string of the molecule is CN1CC(C(C(N)=O)c2cccnn2)C[C@@H]2c3cccc4[nH]cc(c34)C[C@H]21. The van der Waals surface area contributed by atoms with E-state index in [4.69, 9.17) is 5.73 Å². The molecule has 5 rings (SSSR count). The highest BCUT2D eigenvalue weighted by Gasteiger charge is 2.43. The van der Waals surface area contributed by atoms with Crippen LogP contribution in [0.3, 0.4) is 0 Å². The van der Waals surface area contributed by atoms with Crippen LogP contribution in [-0.4, -0.2) is 45.6 Å². The van der Waals surface area contributed by atoms with Crippen LogP contribution in [0, 0.1) is 5.92 Å². The van der Waals surface area contributed by atoms with Gasteiger partial charge in [0.1, 0.15) is 0 Å². The average molecular weight is 361 g/mol. The standard InChI is InChI=1S/C21H23N5O/c1-26-11-13(20(21(22)27)17-6-3-7-24-25-17)8-15-14-4-2-5-16-19(14)12(10-23-16)9-18(15)26/h2-7,10,13,15,18,20,23H,8-9,11H2,1H3,(H2,22,27)/t13?,15-,18-,20?/m1/s1. The molecule has 2 aromatic heterocycles. The molecule has 3 aromatic rings. The third kappa shape index (κ3) is 2.55. The molecule has 0 saturated carbocycles. The van der Waals surface area contributed by atoms with Crippen LogP contribution in [0.15, 0.2) is 42.7 Å². The number of H-pyrrole nitrogens is 1. The molecule has 138 valence electrons. The molecule has 1 aromatic carbocycles. The second-order valence-electron chi connectivity index (χ2n) is 7.93. The molecule has 0 radical (unpaired) electrons. The van der Waals surface area contributed by atoms with Crippen LogP contribution in [0.4, 0.5) is 0 Å². The summed E-state index contributed by atoms with van der Waals surface area (Å²) in [6.45, 7) is 0.834. The number of aromatic nitrogens is 3. The monoisotopic (exact) mass is 361 g/mol. The maximum Gasteiger partial charge on any atom is 0.226 e. The topological polar surface area (TPSA) is 87.9 Å². The lowest BCUT2D eigenvalue weighted by atomic mass is 9.69. The summed E-state index contributed by atoms with van der Waals surface area (Å²) in [7, 11) is 2.16. The van der Waals surface area contributed by atoms with Gasteiger partial charge in [-0.25, -0.2) is 0 Å². The van der Waals surface area contributed by atoms with E-state index in [0.717, 1.165) is 19.4 Å². The van der Waals surface area contributed by atoms with E-state index < -0.39 is 5.92 Å². The van der Waals surface area contributed by atoms with Gasteiger partial charge in [-0.1, -0.05) is 12.1 Å². The molecule has 0 spiro atoms. The molecule has 1 saturated heterocycles. The summed E-state index contributed by atoms with van der Waals surface area (Å²) in [5, 5.41) is 9.52. The number of piperidine rings is 1. The van der Waals surface area contributed by atoms with Crippen LogP contribution in [0.1, 0.15) is 35.1 Å². The van der Waals surface area contributed by atoms with Crippen molar-refractivity contribution in [1.29, 1.82) is 0 Å². The lowest BCUT2D eigenvalue weighted by Gasteiger charge is -2.46. The summed E-state index contributed by atoms with van der Waals surface area (Å²) in [6, 6.07) is 10.6. The van der Waals surface area contributed by atoms with Gasteiger partial charge in [0.05, 0.1) is 11.6 Å². The molecule has 6 nitrogen and oxygen atoms in total. The Morgan fingerprint density at radius 3 is 3.00 bits per heavy atom. The number of nitrogens with zero attached hydrogens (tertiary/aromatic N) is 3. The number of likely N-dealkylation sites (tertiary alicyclic amines) is 1. The minimum atomic E-state index is -0.408. The number of fused-ring (bicyclic) bond motifs is 2. The van der Waals surface area contributed by atoms with Crippen LogP contribution < -0.4 is 5.73 Å². The number of aromatic amines is 1. The number of benzene rings is 1. The number of hydrogen-bond acceptors (Lipinski definition) is 4. The predicted octanol–water partition coefficient (Wildman–Crippen LogP) is 2.19. The molecule has 1 aliphatic carbocycles. The van der Waals surface area contributed by atoms with E-state index in [1.807, 2.05) is 12.1 Å². The first-order valence-corrected chi connectivity index (χ1v) is 9.49. The number of hydrogen-bond donors (Lipinski definition) is 2. The van der Waals surface area contributed by atoms with Crippen molar-refractivity contribution in [2.24, 2.45) is 11.7 Å². The quantitative estimate of drug-likeness (QED) is 0.748. The van der Waals surface area contributed by atoms with E-state index >= 15 is 0 Å². The second-order valence-corrected chi connectivity index (χ2v) is 7.93. The van der Waals surface area contributed by atoms with E-state index in [-0.39, 0.29) is 11.8 Å². The summed E-state index contributed by atoms with van der Waals surface area (Å²) in [5.74, 6) is -0.210. The number of carbonyl (C=O) groups excluding carboxylic acids is 1. The van der Waals surface area contributed by atoms with Gasteiger partial charge in [-0.3, -0.25) is 4.79 Å². The zero-order valence-electron chi connectivity index (χ0n) is 15.3. The molecule has 4 atom stereocenters. The molecule has 2 aliphatic rings. The Hall–Kier alpha value is -2.73. The third-order valence-corrected chi connectivity index (χ3v) is 6.45. The molecule has 6 heteroatoms. The largest absolute Gasteiger partial charge is 0.369 e. The first kappa shape index (κ1) is 16.4. The molecule has 2 unspecified atom stereocenters. The van der Waals surface area contributed by atoms with Gasteiger partial charge in [-0.05, 0) is 55.1 Å². The molecule has 1 aliphatic heterocycles. The Kier molecular flexibility index (Phi) is 3.75. The first-order chi connectivity index (χ1) is 13.1. The highest BCUT2D eigenvalue weighted by atomic mass is 16.1. The average Bonchev–Trinajstić information content (AvgIpc) is 3.08. The lowest BCUT2D eigenvalue weighted by Crippen LogP contribution is -2.50. The Balaban J connectivity index is 1.55. The summed E-state index contributed by atoms with van der Waals surface area (Å²) < 4.78 is 0. The zero-order chi connectivity index (χ0) is 18.5. The maximum absolute atomic E-state index is 12.3. The summed E-state index contributed by atoms with van der Waals surface area (Å²) in [4.78, 5) is 18.2. The predicted molar refractivity (Wildman–Crippen MR) is 103 cm³/mol. The van der Waals surface area contributed by atoms with E-state index in [1.165, 1.54) is 22.0 Å². The van der Waals surface area contributed by atoms with Crippen molar-refractivity contribution in [2.45, 2.75) is 30.7 Å². The minimum Gasteiger partial charge on any atom is -0.369 e. The fourth-order valence-corrected chi connectivity index (χ4v) is 5.32. The van der Waals surface area contributed by atoms with Crippen molar-refractivity contribution in [3.05, 3.63) is 59.5 Å². The van der Waals surface area contributed by atoms with Crippen LogP contribution >= 0.6 is 0 Å². The number of amides is 1. The van der Waals surface area contributed by atoms with Gasteiger partial charge in [-0.15, -0.1) is 0 Å². The normalized spacial score (nSPS) is 25.9. The summed E-state index contributed by atoms with van der Waals surface area (Å²) >= 11 is 0. The van der Waals surface area contributed by atoms with Crippen LogP contribution in [0.2, 0.25) is 0 Å². The number of likely N-dealkylation sites (N-methyl/N-ethyl adjacent to an activating group) is 1. The molecule has 27 heavy (non-hydrogen) atoms. The van der Waals surface area contributed by atoms with Crippen molar-refractivity contribution >= 4 is 16.8 Å².